The quantitative estimate of drug-likeness (QED) is 0.844. The molecule has 4 nitrogen and oxygen atoms in total. The molecular weight excluding hydrogens is 236 g/mol. The molecule has 0 bridgehead atoms. The van der Waals surface area contributed by atoms with Crippen molar-refractivity contribution in [2.45, 2.75) is 18.4 Å². The van der Waals surface area contributed by atoms with Gasteiger partial charge in [0.25, 0.3) is 5.91 Å². The number of hydrogen-bond acceptors (Lipinski definition) is 4. The predicted molar refractivity (Wildman–Crippen MR) is 68.1 cm³/mol. The average Bonchev–Trinajstić information content (AvgIpc) is 2.38. The lowest BCUT2D eigenvalue weighted by Crippen LogP contribution is -2.45. The highest BCUT2D eigenvalue weighted by Crippen LogP contribution is 2.26. The molecule has 2 rings (SSSR count). The van der Waals surface area contributed by atoms with E-state index >= 15 is 0 Å². The highest BCUT2D eigenvalue weighted by atomic mass is 32.2. The topological polar surface area (TPSA) is 62.2 Å². The Bertz CT molecular complexity index is 377. The molecule has 1 aromatic rings. The summed E-state index contributed by atoms with van der Waals surface area (Å²) >= 11 is 1.85. The Morgan fingerprint density at radius 1 is 1.41 bits per heavy atom. The molecule has 92 valence electrons. The molecule has 1 aliphatic rings. The number of aliphatic hydroxyl groups is 1. The summed E-state index contributed by atoms with van der Waals surface area (Å²) in [6.45, 7) is 0.328. The van der Waals surface area contributed by atoms with Crippen LogP contribution in [0.15, 0.2) is 24.5 Å². The van der Waals surface area contributed by atoms with Gasteiger partial charge in [0, 0.05) is 24.5 Å². The van der Waals surface area contributed by atoms with Crippen LogP contribution in [0, 0.1) is 0 Å². The smallest absolute Gasteiger partial charge is 0.251 e. The van der Waals surface area contributed by atoms with Gasteiger partial charge in [-0.15, -0.1) is 0 Å². The van der Waals surface area contributed by atoms with Gasteiger partial charge in [-0.25, -0.2) is 0 Å². The number of nitrogens with one attached hydrogen (secondary N) is 1. The SMILES string of the molecule is O=C(NCC1(O)CCSCC1)c1ccncc1. The van der Waals surface area contributed by atoms with Crippen LogP contribution in [0.2, 0.25) is 0 Å². The first kappa shape index (κ1) is 12.4. The summed E-state index contributed by atoms with van der Waals surface area (Å²) in [4.78, 5) is 15.6. The third-order valence-corrected chi connectivity index (χ3v) is 3.93. The van der Waals surface area contributed by atoms with Crippen molar-refractivity contribution in [2.75, 3.05) is 18.1 Å². The lowest BCUT2D eigenvalue weighted by Gasteiger charge is -2.31. The molecular formula is C12H16N2O2S. The number of rotatable bonds is 3. The summed E-state index contributed by atoms with van der Waals surface area (Å²) in [5, 5.41) is 13.0. The van der Waals surface area contributed by atoms with Crippen molar-refractivity contribution in [3.8, 4) is 0 Å². The lowest BCUT2D eigenvalue weighted by atomic mass is 9.97. The summed E-state index contributed by atoms with van der Waals surface area (Å²) in [5.41, 5.74) is -0.151. The standard InChI is InChI=1S/C12H16N2O2S/c15-11(10-1-5-13-6-2-10)14-9-12(16)3-7-17-8-4-12/h1-2,5-6,16H,3-4,7-9H2,(H,14,15). The summed E-state index contributed by atoms with van der Waals surface area (Å²) < 4.78 is 0. The maximum Gasteiger partial charge on any atom is 0.251 e. The summed E-state index contributed by atoms with van der Waals surface area (Å²) in [6.07, 6.45) is 4.66. The fourth-order valence-electron chi connectivity index (χ4n) is 1.78. The second kappa shape index (κ2) is 5.51. The maximum atomic E-state index is 11.8. The molecule has 0 aliphatic carbocycles. The minimum absolute atomic E-state index is 0.154. The molecule has 0 spiro atoms. The number of hydrogen-bond donors (Lipinski definition) is 2. The fraction of sp³-hybridized carbons (Fsp3) is 0.500. The van der Waals surface area contributed by atoms with Crippen LogP contribution in [0.3, 0.4) is 0 Å². The van der Waals surface area contributed by atoms with E-state index in [1.165, 1.54) is 0 Å². The van der Waals surface area contributed by atoms with Gasteiger partial charge in [0.1, 0.15) is 0 Å². The van der Waals surface area contributed by atoms with Crippen molar-refractivity contribution in [3.63, 3.8) is 0 Å². The van der Waals surface area contributed by atoms with Crippen molar-refractivity contribution in [1.29, 1.82) is 0 Å². The highest BCUT2D eigenvalue weighted by Gasteiger charge is 2.29. The molecule has 0 aromatic carbocycles. The van der Waals surface area contributed by atoms with Crippen molar-refractivity contribution in [2.24, 2.45) is 0 Å². The van der Waals surface area contributed by atoms with Crippen LogP contribution in [0.4, 0.5) is 0 Å². The highest BCUT2D eigenvalue weighted by molar-refractivity contribution is 7.99. The average molecular weight is 252 g/mol. The number of carbonyl (C=O) groups is 1. The monoisotopic (exact) mass is 252 g/mol. The van der Waals surface area contributed by atoms with E-state index < -0.39 is 5.60 Å². The van der Waals surface area contributed by atoms with Crippen molar-refractivity contribution in [3.05, 3.63) is 30.1 Å². The predicted octanol–water partition coefficient (Wildman–Crippen LogP) is 1.07. The summed E-state index contributed by atoms with van der Waals surface area (Å²) in [5.74, 6) is 1.77. The van der Waals surface area contributed by atoms with Crippen LogP contribution in [-0.4, -0.2) is 39.6 Å². The molecule has 1 saturated heterocycles. The Labute approximate surface area is 105 Å². The van der Waals surface area contributed by atoms with E-state index in [-0.39, 0.29) is 5.91 Å². The maximum absolute atomic E-state index is 11.8. The number of carbonyl (C=O) groups excluding carboxylic acids is 1. The summed E-state index contributed by atoms with van der Waals surface area (Å²) in [7, 11) is 0. The number of amides is 1. The van der Waals surface area contributed by atoms with Gasteiger partial charge in [-0.05, 0) is 36.5 Å². The second-order valence-corrected chi connectivity index (χ2v) is 5.48. The van der Waals surface area contributed by atoms with Crippen LogP contribution < -0.4 is 5.32 Å². The zero-order chi connectivity index (χ0) is 12.1. The van der Waals surface area contributed by atoms with Crippen molar-refractivity contribution < 1.29 is 9.90 Å². The van der Waals surface area contributed by atoms with E-state index in [4.69, 9.17) is 0 Å². The third-order valence-electron chi connectivity index (χ3n) is 2.94. The minimum atomic E-state index is -0.728. The zero-order valence-electron chi connectivity index (χ0n) is 9.56. The lowest BCUT2D eigenvalue weighted by molar-refractivity contribution is 0.0311. The summed E-state index contributed by atoms with van der Waals surface area (Å²) in [6, 6.07) is 3.33. The molecule has 17 heavy (non-hydrogen) atoms. The molecule has 0 unspecified atom stereocenters. The van der Waals surface area contributed by atoms with Crippen LogP contribution >= 0.6 is 11.8 Å². The number of thioether (sulfide) groups is 1. The van der Waals surface area contributed by atoms with Crippen LogP contribution in [0.25, 0.3) is 0 Å². The van der Waals surface area contributed by atoms with Gasteiger partial charge in [-0.1, -0.05) is 0 Å². The molecule has 1 aromatic heterocycles. The molecule has 2 heterocycles. The number of nitrogens with zero attached hydrogens (tertiary/aromatic N) is 1. The first-order valence-electron chi connectivity index (χ1n) is 5.68. The minimum Gasteiger partial charge on any atom is -0.388 e. The van der Waals surface area contributed by atoms with E-state index in [2.05, 4.69) is 10.3 Å². The third kappa shape index (κ3) is 3.44. The number of aromatic nitrogens is 1. The van der Waals surface area contributed by atoms with E-state index in [9.17, 15) is 9.90 Å². The Morgan fingerprint density at radius 2 is 2.06 bits per heavy atom. The van der Waals surface area contributed by atoms with Gasteiger partial charge in [-0.3, -0.25) is 9.78 Å². The van der Waals surface area contributed by atoms with Crippen LogP contribution in [0.1, 0.15) is 23.2 Å². The molecule has 1 aliphatic heterocycles. The van der Waals surface area contributed by atoms with E-state index in [0.29, 0.717) is 12.1 Å². The van der Waals surface area contributed by atoms with Gasteiger partial charge in [0.05, 0.1) is 5.60 Å². The normalized spacial score (nSPS) is 18.6. The Hall–Kier alpha value is -1.07. The van der Waals surface area contributed by atoms with Crippen LogP contribution in [-0.2, 0) is 0 Å². The molecule has 1 amide bonds. The van der Waals surface area contributed by atoms with Gasteiger partial charge in [0.2, 0.25) is 0 Å². The van der Waals surface area contributed by atoms with Gasteiger partial charge in [0.15, 0.2) is 0 Å². The van der Waals surface area contributed by atoms with E-state index in [1.54, 1.807) is 24.5 Å². The molecule has 5 heteroatoms. The Kier molecular flexibility index (Phi) is 4.02. The van der Waals surface area contributed by atoms with Gasteiger partial charge in [-0.2, -0.15) is 11.8 Å². The van der Waals surface area contributed by atoms with Gasteiger partial charge < -0.3 is 10.4 Å². The molecule has 1 fully saturated rings. The molecule has 0 atom stereocenters. The number of pyridine rings is 1. The zero-order valence-corrected chi connectivity index (χ0v) is 10.4. The Balaban J connectivity index is 1.87. The largest absolute Gasteiger partial charge is 0.388 e. The van der Waals surface area contributed by atoms with Crippen LogP contribution in [0.5, 0.6) is 0 Å². The van der Waals surface area contributed by atoms with Gasteiger partial charge >= 0.3 is 0 Å². The molecule has 0 saturated carbocycles. The molecule has 2 N–H and O–H groups in total. The molecule has 0 radical (unpaired) electrons. The first-order chi connectivity index (χ1) is 8.20. The second-order valence-electron chi connectivity index (χ2n) is 4.26. The Morgan fingerprint density at radius 3 is 2.71 bits per heavy atom. The fourth-order valence-corrected chi connectivity index (χ4v) is 3.03. The van der Waals surface area contributed by atoms with E-state index in [0.717, 1.165) is 24.3 Å². The van der Waals surface area contributed by atoms with E-state index in [1.807, 2.05) is 11.8 Å². The van der Waals surface area contributed by atoms with Crippen molar-refractivity contribution in [1.82, 2.24) is 10.3 Å². The van der Waals surface area contributed by atoms with Crippen molar-refractivity contribution >= 4 is 17.7 Å². The first-order valence-corrected chi connectivity index (χ1v) is 6.83.